The van der Waals surface area contributed by atoms with Crippen molar-refractivity contribution in [2.45, 2.75) is 26.8 Å². The molecule has 0 bridgehead atoms. The molecule has 148 valence electrons. The van der Waals surface area contributed by atoms with Gasteiger partial charge in [0.1, 0.15) is 0 Å². The fourth-order valence-electron chi connectivity index (χ4n) is 3.36. The molecule has 1 aliphatic heterocycles. The molecule has 0 aliphatic carbocycles. The van der Waals surface area contributed by atoms with E-state index in [9.17, 15) is 9.59 Å². The molecule has 1 atom stereocenters. The number of ether oxygens (including phenoxy) is 1. The summed E-state index contributed by atoms with van der Waals surface area (Å²) in [5.41, 5.74) is 2.81. The van der Waals surface area contributed by atoms with Gasteiger partial charge in [0.15, 0.2) is 4.80 Å². The summed E-state index contributed by atoms with van der Waals surface area (Å²) in [6.07, 6.45) is 1.88. The van der Waals surface area contributed by atoms with E-state index in [2.05, 4.69) is 4.99 Å². The Bertz CT molecular complexity index is 1260. The zero-order valence-corrected chi connectivity index (χ0v) is 18.0. The lowest BCUT2D eigenvalue weighted by Crippen LogP contribution is -2.39. The van der Waals surface area contributed by atoms with Gasteiger partial charge >= 0.3 is 5.97 Å². The Labute approximate surface area is 175 Å². The minimum atomic E-state index is -0.559. The van der Waals surface area contributed by atoms with Crippen LogP contribution >= 0.6 is 22.7 Å². The number of hydrogen-bond acceptors (Lipinski definition) is 6. The number of hydrogen-bond donors (Lipinski definition) is 0. The van der Waals surface area contributed by atoms with Gasteiger partial charge in [-0.15, -0.1) is 11.3 Å². The van der Waals surface area contributed by atoms with Gasteiger partial charge in [-0.05, 0) is 43.9 Å². The molecular weight excluding hydrogens is 404 g/mol. The van der Waals surface area contributed by atoms with E-state index in [1.165, 1.54) is 11.3 Å². The first-order valence-corrected chi connectivity index (χ1v) is 11.0. The number of thiophene rings is 1. The summed E-state index contributed by atoms with van der Waals surface area (Å²) in [4.78, 5) is 32.3. The Balaban J connectivity index is 1.97. The van der Waals surface area contributed by atoms with Crippen molar-refractivity contribution >= 4 is 34.7 Å². The van der Waals surface area contributed by atoms with Crippen LogP contribution in [0.5, 0.6) is 0 Å². The van der Waals surface area contributed by atoms with Crippen molar-refractivity contribution in [3.8, 4) is 0 Å². The minimum Gasteiger partial charge on any atom is -0.463 e. The van der Waals surface area contributed by atoms with E-state index in [0.717, 1.165) is 16.0 Å². The Kier molecular flexibility index (Phi) is 5.34. The van der Waals surface area contributed by atoms with Crippen LogP contribution in [-0.2, 0) is 9.53 Å². The van der Waals surface area contributed by atoms with Crippen molar-refractivity contribution in [1.82, 2.24) is 4.57 Å². The fourth-order valence-corrected chi connectivity index (χ4v) is 5.13. The number of thiazole rings is 1. The van der Waals surface area contributed by atoms with Crippen molar-refractivity contribution in [1.29, 1.82) is 0 Å². The van der Waals surface area contributed by atoms with Crippen molar-refractivity contribution in [3.05, 3.63) is 88.7 Å². The van der Waals surface area contributed by atoms with Crippen LogP contribution in [0.15, 0.2) is 62.8 Å². The molecule has 2 aromatic heterocycles. The lowest BCUT2D eigenvalue weighted by molar-refractivity contribution is -0.139. The second kappa shape index (κ2) is 7.93. The molecule has 0 radical (unpaired) electrons. The van der Waals surface area contributed by atoms with Crippen LogP contribution in [0.4, 0.5) is 0 Å². The first kappa shape index (κ1) is 19.5. The van der Waals surface area contributed by atoms with Crippen LogP contribution in [0.2, 0.25) is 0 Å². The maximum absolute atomic E-state index is 13.3. The lowest BCUT2D eigenvalue weighted by Gasteiger charge is -2.24. The lowest BCUT2D eigenvalue weighted by atomic mass is 9.95. The van der Waals surface area contributed by atoms with E-state index in [0.29, 0.717) is 20.6 Å². The summed E-state index contributed by atoms with van der Waals surface area (Å²) in [6, 6.07) is 11.2. The van der Waals surface area contributed by atoms with Crippen molar-refractivity contribution in [2.24, 2.45) is 4.99 Å². The molecule has 0 N–H and O–H groups in total. The highest BCUT2D eigenvalue weighted by Gasteiger charge is 2.33. The third-order valence-electron chi connectivity index (χ3n) is 4.73. The van der Waals surface area contributed by atoms with Gasteiger partial charge < -0.3 is 4.74 Å². The number of rotatable bonds is 4. The predicted octanol–water partition coefficient (Wildman–Crippen LogP) is 3.17. The topological polar surface area (TPSA) is 60.7 Å². The quantitative estimate of drug-likeness (QED) is 0.605. The van der Waals surface area contributed by atoms with Crippen molar-refractivity contribution in [3.63, 3.8) is 0 Å². The number of esters is 1. The number of aryl methyl sites for hydroxylation is 1. The summed E-state index contributed by atoms with van der Waals surface area (Å²) in [5, 5.41) is 1.97. The van der Waals surface area contributed by atoms with Crippen LogP contribution < -0.4 is 14.9 Å². The first-order valence-electron chi connectivity index (χ1n) is 9.29. The van der Waals surface area contributed by atoms with E-state index >= 15 is 0 Å². The molecule has 0 saturated heterocycles. The molecule has 0 spiro atoms. The smallest absolute Gasteiger partial charge is 0.338 e. The van der Waals surface area contributed by atoms with Crippen LogP contribution in [0, 0.1) is 6.92 Å². The Morgan fingerprint density at radius 1 is 1.24 bits per heavy atom. The number of allylic oxidation sites excluding steroid dienone is 1. The van der Waals surface area contributed by atoms with Gasteiger partial charge in [-0.25, -0.2) is 9.79 Å². The normalized spacial score (nSPS) is 16.5. The largest absolute Gasteiger partial charge is 0.463 e. The highest BCUT2D eigenvalue weighted by molar-refractivity contribution is 7.11. The van der Waals surface area contributed by atoms with Gasteiger partial charge in [0.05, 0.1) is 28.5 Å². The number of nitrogens with zero attached hydrogens (tertiary/aromatic N) is 2. The van der Waals surface area contributed by atoms with Gasteiger partial charge in [0.25, 0.3) is 5.56 Å². The van der Waals surface area contributed by atoms with E-state index in [-0.39, 0.29) is 12.2 Å². The SMILES string of the molecule is CCOC(=O)C1=C(C)N=c2sc(=Cc3cccs3)c(=O)n2[C@@H]1c1ccc(C)cc1. The highest BCUT2D eigenvalue weighted by atomic mass is 32.1. The number of carbonyl (C=O) groups is 1. The van der Waals surface area contributed by atoms with Gasteiger partial charge in [-0.1, -0.05) is 47.2 Å². The van der Waals surface area contributed by atoms with Crippen LogP contribution in [0.1, 0.15) is 35.9 Å². The summed E-state index contributed by atoms with van der Waals surface area (Å²) in [5.74, 6) is -0.438. The zero-order chi connectivity index (χ0) is 20.5. The van der Waals surface area contributed by atoms with Crippen molar-refractivity contribution in [2.75, 3.05) is 6.61 Å². The second-order valence-electron chi connectivity index (χ2n) is 6.73. The van der Waals surface area contributed by atoms with E-state index in [1.807, 2.05) is 54.8 Å². The maximum Gasteiger partial charge on any atom is 0.338 e. The molecule has 5 nitrogen and oxygen atoms in total. The Hall–Kier alpha value is -2.77. The number of fused-ring (bicyclic) bond motifs is 1. The molecular formula is C22H20N2O3S2. The summed E-state index contributed by atoms with van der Waals surface area (Å²) in [6.45, 7) is 5.83. The molecule has 29 heavy (non-hydrogen) atoms. The third kappa shape index (κ3) is 3.63. The molecule has 3 aromatic rings. The number of carbonyl (C=O) groups excluding carboxylic acids is 1. The van der Waals surface area contributed by atoms with Crippen LogP contribution in [0.25, 0.3) is 6.08 Å². The number of aromatic nitrogens is 1. The molecule has 0 unspecified atom stereocenters. The molecule has 0 saturated carbocycles. The van der Waals surface area contributed by atoms with Crippen molar-refractivity contribution < 1.29 is 9.53 Å². The van der Waals surface area contributed by atoms with E-state index in [4.69, 9.17) is 4.74 Å². The Morgan fingerprint density at radius 2 is 2.00 bits per heavy atom. The summed E-state index contributed by atoms with van der Waals surface area (Å²) >= 11 is 2.91. The average Bonchev–Trinajstić information content (AvgIpc) is 3.30. The maximum atomic E-state index is 13.3. The van der Waals surface area contributed by atoms with E-state index < -0.39 is 12.0 Å². The van der Waals surface area contributed by atoms with Gasteiger partial charge in [-0.2, -0.15) is 0 Å². The monoisotopic (exact) mass is 424 g/mol. The fraction of sp³-hybridized carbons (Fsp3) is 0.227. The Morgan fingerprint density at radius 3 is 2.66 bits per heavy atom. The van der Waals surface area contributed by atoms with Gasteiger partial charge in [0, 0.05) is 4.88 Å². The van der Waals surface area contributed by atoms with E-state index in [1.54, 1.807) is 29.8 Å². The molecule has 1 aliphatic rings. The van der Waals surface area contributed by atoms with Crippen LogP contribution in [-0.4, -0.2) is 17.1 Å². The standard InChI is InChI=1S/C22H20N2O3S2/c1-4-27-21(26)18-14(3)23-22-24(19(18)15-9-7-13(2)8-10-15)20(25)17(29-22)12-16-6-5-11-28-16/h5-12,19H,4H2,1-3H3/t19-/m1/s1. The molecule has 7 heteroatoms. The summed E-state index contributed by atoms with van der Waals surface area (Å²) in [7, 11) is 0. The highest BCUT2D eigenvalue weighted by Crippen LogP contribution is 2.30. The second-order valence-corrected chi connectivity index (χ2v) is 8.72. The van der Waals surface area contributed by atoms with Gasteiger partial charge in [-0.3, -0.25) is 9.36 Å². The summed E-state index contributed by atoms with van der Waals surface area (Å²) < 4.78 is 7.52. The molecule has 3 heterocycles. The van der Waals surface area contributed by atoms with Crippen LogP contribution in [0.3, 0.4) is 0 Å². The predicted molar refractivity (Wildman–Crippen MR) is 116 cm³/mol. The molecule has 0 amide bonds. The van der Waals surface area contributed by atoms with Gasteiger partial charge in [0.2, 0.25) is 0 Å². The molecule has 4 rings (SSSR count). The molecule has 0 fully saturated rings. The number of benzene rings is 1. The first-order chi connectivity index (χ1) is 14.0. The third-order valence-corrected chi connectivity index (χ3v) is 6.53. The average molecular weight is 425 g/mol. The zero-order valence-electron chi connectivity index (χ0n) is 16.3. The molecule has 1 aromatic carbocycles. The minimum absolute atomic E-state index is 0.151.